The molecule has 7 heteroatoms. The van der Waals surface area contributed by atoms with Crippen LogP contribution in [-0.2, 0) is 13.2 Å². The maximum atomic E-state index is 13.3. The number of hydrogen-bond acceptors (Lipinski definition) is 4. The first kappa shape index (κ1) is 21.5. The van der Waals surface area contributed by atoms with Gasteiger partial charge in [0, 0.05) is 17.8 Å². The molecular weight excluding hydrogens is 407 g/mol. The molecule has 6 nitrogen and oxygen atoms in total. The van der Waals surface area contributed by atoms with Gasteiger partial charge in [0.15, 0.2) is 0 Å². The predicted octanol–water partition coefficient (Wildman–Crippen LogP) is 5.43. The van der Waals surface area contributed by atoms with Gasteiger partial charge in [0.05, 0.1) is 0 Å². The molecule has 0 spiro atoms. The van der Waals surface area contributed by atoms with Crippen molar-refractivity contribution < 1.29 is 13.9 Å². The second-order valence-electron chi connectivity index (χ2n) is 7.65. The minimum Gasteiger partial charge on any atom is -0.471 e. The Morgan fingerprint density at radius 1 is 1.06 bits per heavy atom. The molecule has 0 atom stereocenters. The normalized spacial score (nSPS) is 11.0. The molecule has 0 saturated carbocycles. The number of anilines is 1. The molecule has 2 aromatic heterocycles. The summed E-state index contributed by atoms with van der Waals surface area (Å²) in [6.45, 7) is 7.16. The molecule has 0 saturated heterocycles. The maximum absolute atomic E-state index is 13.3. The molecular formula is C25H25FN4O2. The number of nitrogens with zero attached hydrogens (tertiary/aromatic N) is 3. The van der Waals surface area contributed by atoms with Crippen molar-refractivity contribution in [2.75, 3.05) is 5.32 Å². The molecule has 0 unspecified atom stereocenters. The number of aromatic nitrogens is 3. The molecule has 0 fully saturated rings. The Kier molecular flexibility index (Phi) is 6.16. The molecule has 0 aliphatic rings. The standard InChI is InChI=1S/C25H25FN4O2/c1-4-14-30-17(3)16(2)21-22(30)24(32-15-18-10-12-20(26)13-11-18)29-25(27-21)28-23(31)19-8-6-5-7-9-19/h5-13H,4,14-15H2,1-3H3,(H,27,28,29,31). The molecule has 1 amide bonds. The zero-order valence-corrected chi connectivity index (χ0v) is 18.4. The number of ether oxygens (including phenoxy) is 1. The third-order valence-corrected chi connectivity index (χ3v) is 5.42. The van der Waals surface area contributed by atoms with Gasteiger partial charge >= 0.3 is 0 Å². The Morgan fingerprint density at radius 3 is 2.47 bits per heavy atom. The lowest BCUT2D eigenvalue weighted by Gasteiger charge is -2.12. The molecule has 0 aliphatic heterocycles. The van der Waals surface area contributed by atoms with Gasteiger partial charge in [-0.1, -0.05) is 37.3 Å². The minimum absolute atomic E-state index is 0.178. The molecule has 1 N–H and O–H groups in total. The van der Waals surface area contributed by atoms with Crippen molar-refractivity contribution in [1.29, 1.82) is 0 Å². The number of benzene rings is 2. The van der Waals surface area contributed by atoms with Gasteiger partial charge in [0.1, 0.15) is 23.5 Å². The second kappa shape index (κ2) is 9.18. The molecule has 2 aromatic carbocycles. The Hall–Kier alpha value is -3.74. The lowest BCUT2D eigenvalue weighted by atomic mass is 10.2. The van der Waals surface area contributed by atoms with Gasteiger partial charge in [-0.15, -0.1) is 0 Å². The predicted molar refractivity (Wildman–Crippen MR) is 122 cm³/mol. The third kappa shape index (κ3) is 4.32. The van der Waals surface area contributed by atoms with Gasteiger partial charge in [0.2, 0.25) is 11.8 Å². The van der Waals surface area contributed by atoms with Crippen LogP contribution in [0.1, 0.15) is 40.5 Å². The van der Waals surface area contributed by atoms with Crippen LogP contribution < -0.4 is 10.1 Å². The van der Waals surface area contributed by atoms with Gasteiger partial charge in [-0.3, -0.25) is 10.1 Å². The van der Waals surface area contributed by atoms with Crippen LogP contribution in [0.5, 0.6) is 5.88 Å². The molecule has 164 valence electrons. The van der Waals surface area contributed by atoms with Crippen LogP contribution in [0.4, 0.5) is 10.3 Å². The van der Waals surface area contributed by atoms with Crippen LogP contribution in [0.15, 0.2) is 54.6 Å². The van der Waals surface area contributed by atoms with E-state index >= 15 is 0 Å². The summed E-state index contributed by atoms with van der Waals surface area (Å²) in [7, 11) is 0. The number of carbonyl (C=O) groups is 1. The van der Waals surface area contributed by atoms with E-state index in [1.165, 1.54) is 12.1 Å². The second-order valence-corrected chi connectivity index (χ2v) is 7.65. The van der Waals surface area contributed by atoms with Crippen LogP contribution in [0.2, 0.25) is 0 Å². The van der Waals surface area contributed by atoms with Crippen LogP contribution in [0.25, 0.3) is 11.0 Å². The monoisotopic (exact) mass is 432 g/mol. The SMILES string of the molecule is CCCn1c(C)c(C)c2nc(NC(=O)c3ccccc3)nc(OCc3ccc(F)cc3)c21. The average molecular weight is 432 g/mol. The largest absolute Gasteiger partial charge is 0.471 e. The molecule has 0 bridgehead atoms. The fourth-order valence-electron chi connectivity index (χ4n) is 3.64. The van der Waals surface area contributed by atoms with E-state index in [2.05, 4.69) is 26.8 Å². The van der Waals surface area contributed by atoms with Crippen molar-refractivity contribution in [3.05, 3.63) is 82.8 Å². The highest BCUT2D eigenvalue weighted by atomic mass is 19.1. The van der Waals surface area contributed by atoms with Crippen LogP contribution >= 0.6 is 0 Å². The minimum atomic E-state index is -0.299. The number of nitrogens with one attached hydrogen (secondary N) is 1. The van der Waals surface area contributed by atoms with Gasteiger partial charge in [-0.2, -0.15) is 4.98 Å². The van der Waals surface area contributed by atoms with Crippen LogP contribution in [0.3, 0.4) is 0 Å². The lowest BCUT2D eigenvalue weighted by Crippen LogP contribution is -2.15. The summed E-state index contributed by atoms with van der Waals surface area (Å²) >= 11 is 0. The first-order valence-corrected chi connectivity index (χ1v) is 10.6. The van der Waals surface area contributed by atoms with Crippen LogP contribution in [0, 0.1) is 19.7 Å². The van der Waals surface area contributed by atoms with E-state index in [1.807, 2.05) is 19.9 Å². The highest BCUT2D eigenvalue weighted by Gasteiger charge is 2.20. The number of halogens is 1. The molecule has 0 aliphatic carbocycles. The van der Waals surface area contributed by atoms with E-state index in [9.17, 15) is 9.18 Å². The Balaban J connectivity index is 1.74. The van der Waals surface area contributed by atoms with E-state index in [4.69, 9.17) is 4.74 Å². The zero-order valence-electron chi connectivity index (χ0n) is 18.4. The number of hydrogen-bond donors (Lipinski definition) is 1. The van der Waals surface area contributed by atoms with E-state index in [0.717, 1.165) is 40.8 Å². The summed E-state index contributed by atoms with van der Waals surface area (Å²) in [5.74, 6) is -0.0338. The first-order valence-electron chi connectivity index (χ1n) is 10.6. The van der Waals surface area contributed by atoms with E-state index in [1.54, 1.807) is 36.4 Å². The zero-order chi connectivity index (χ0) is 22.7. The van der Waals surface area contributed by atoms with E-state index in [0.29, 0.717) is 11.4 Å². The number of rotatable bonds is 7. The first-order chi connectivity index (χ1) is 15.5. The number of amides is 1. The Morgan fingerprint density at radius 2 is 1.78 bits per heavy atom. The topological polar surface area (TPSA) is 69.0 Å². The van der Waals surface area contributed by atoms with Crippen molar-refractivity contribution in [2.24, 2.45) is 0 Å². The Labute approximate surface area is 186 Å². The molecule has 2 heterocycles. The quantitative estimate of drug-likeness (QED) is 0.423. The van der Waals surface area contributed by atoms with Crippen molar-refractivity contribution in [3.63, 3.8) is 0 Å². The molecule has 4 rings (SSSR count). The lowest BCUT2D eigenvalue weighted by molar-refractivity contribution is 0.102. The van der Waals surface area contributed by atoms with Gasteiger partial charge in [-0.05, 0) is 55.7 Å². The fourth-order valence-corrected chi connectivity index (χ4v) is 3.64. The van der Waals surface area contributed by atoms with Gasteiger partial charge in [0.25, 0.3) is 5.91 Å². The number of aryl methyl sites for hydroxylation is 2. The van der Waals surface area contributed by atoms with Gasteiger partial charge in [-0.25, -0.2) is 9.37 Å². The van der Waals surface area contributed by atoms with E-state index < -0.39 is 0 Å². The summed E-state index contributed by atoms with van der Waals surface area (Å²) in [4.78, 5) is 21.8. The van der Waals surface area contributed by atoms with Crippen LogP contribution in [-0.4, -0.2) is 20.4 Å². The summed E-state index contributed by atoms with van der Waals surface area (Å²) in [5.41, 5.74) is 4.95. The molecule has 4 aromatic rings. The summed E-state index contributed by atoms with van der Waals surface area (Å²) in [6, 6.07) is 15.1. The van der Waals surface area contributed by atoms with Crippen molar-refractivity contribution in [1.82, 2.24) is 14.5 Å². The van der Waals surface area contributed by atoms with Crippen molar-refractivity contribution in [3.8, 4) is 5.88 Å². The van der Waals surface area contributed by atoms with Crippen molar-refractivity contribution >= 4 is 22.9 Å². The maximum Gasteiger partial charge on any atom is 0.258 e. The number of fused-ring (bicyclic) bond motifs is 1. The highest BCUT2D eigenvalue weighted by molar-refractivity contribution is 6.03. The third-order valence-electron chi connectivity index (χ3n) is 5.42. The molecule has 32 heavy (non-hydrogen) atoms. The van der Waals surface area contributed by atoms with Gasteiger partial charge < -0.3 is 9.30 Å². The fraction of sp³-hybridized carbons (Fsp3) is 0.240. The molecule has 0 radical (unpaired) electrons. The summed E-state index contributed by atoms with van der Waals surface area (Å²) in [5, 5.41) is 2.78. The van der Waals surface area contributed by atoms with E-state index in [-0.39, 0.29) is 24.3 Å². The average Bonchev–Trinajstić information content (AvgIpc) is 3.04. The summed E-state index contributed by atoms with van der Waals surface area (Å²) in [6.07, 6.45) is 0.938. The Bertz CT molecular complexity index is 1250. The highest BCUT2D eigenvalue weighted by Crippen LogP contribution is 2.32. The smallest absolute Gasteiger partial charge is 0.258 e. The van der Waals surface area contributed by atoms with Crippen molar-refractivity contribution in [2.45, 2.75) is 40.3 Å². The summed E-state index contributed by atoms with van der Waals surface area (Å²) < 4.78 is 21.5. The number of carbonyl (C=O) groups excluding carboxylic acids is 1.